The normalized spacial score (nSPS) is 21.4. The largest absolute Gasteiger partial charge is 0.375 e. The van der Waals surface area contributed by atoms with E-state index in [0.29, 0.717) is 30.4 Å². The third kappa shape index (κ3) is 8.74. The molecule has 0 radical (unpaired) electrons. The molecule has 0 aliphatic carbocycles. The third-order valence-electron chi connectivity index (χ3n) is 9.27. The minimum atomic E-state index is -1.70. The van der Waals surface area contributed by atoms with Crippen molar-refractivity contribution in [2.24, 2.45) is 0 Å². The van der Waals surface area contributed by atoms with Gasteiger partial charge in [0.2, 0.25) is 0 Å². The van der Waals surface area contributed by atoms with Gasteiger partial charge in [0, 0.05) is 11.6 Å². The summed E-state index contributed by atoms with van der Waals surface area (Å²) in [7, 11) is 0. The maximum Gasteiger partial charge on any atom is 0.170 e. The molecule has 1 N–H and O–H groups in total. The number of aliphatic hydroxyl groups is 1. The second kappa shape index (κ2) is 17.8. The van der Waals surface area contributed by atoms with E-state index in [1.165, 1.54) is 11.3 Å². The lowest BCUT2D eigenvalue weighted by Crippen LogP contribution is -2.66. The molecule has 0 unspecified atom stereocenters. The first kappa shape index (κ1) is 35.9. The van der Waals surface area contributed by atoms with E-state index in [4.69, 9.17) is 23.7 Å². The first-order chi connectivity index (χ1) is 25.7. The van der Waals surface area contributed by atoms with Crippen molar-refractivity contribution in [3.8, 4) is 0 Å². The number of hydrogen-bond donors (Lipinski definition) is 1. The summed E-state index contributed by atoms with van der Waals surface area (Å²) < 4.78 is 34.1. The summed E-state index contributed by atoms with van der Waals surface area (Å²) in [4.78, 5) is 4.66. The minimum absolute atomic E-state index is 0.185. The van der Waals surface area contributed by atoms with Crippen molar-refractivity contribution < 1.29 is 28.8 Å². The SMILES string of the molecule is O[C@](c1ccccc1)(c1nccs1)[C@@H]1O[C@H](COCc2ccccc2)[C@@H](OCc2ccccc2)[C@H](OCc2ccccc2)[C@H]1OCc1ccccc1. The summed E-state index contributed by atoms with van der Waals surface area (Å²) in [5.41, 5.74) is 2.98. The lowest BCUT2D eigenvalue weighted by Gasteiger charge is -2.50. The van der Waals surface area contributed by atoms with Gasteiger partial charge in [-0.05, 0) is 27.8 Å². The van der Waals surface area contributed by atoms with Gasteiger partial charge in [-0.15, -0.1) is 11.3 Å². The molecule has 6 atom stereocenters. The quantitative estimate of drug-likeness (QED) is 0.109. The molecule has 1 aliphatic rings. The van der Waals surface area contributed by atoms with Crippen LogP contribution in [-0.4, -0.2) is 47.2 Å². The van der Waals surface area contributed by atoms with Gasteiger partial charge in [-0.3, -0.25) is 0 Å². The molecule has 1 saturated heterocycles. The van der Waals surface area contributed by atoms with Crippen LogP contribution < -0.4 is 0 Å². The molecule has 0 amide bonds. The van der Waals surface area contributed by atoms with Crippen LogP contribution in [0.4, 0.5) is 0 Å². The van der Waals surface area contributed by atoms with Crippen LogP contribution in [-0.2, 0) is 55.7 Å². The Hall–Kier alpha value is -4.51. The molecule has 0 bridgehead atoms. The number of nitrogens with zero attached hydrogens (tertiary/aromatic N) is 1. The van der Waals surface area contributed by atoms with Crippen molar-refractivity contribution in [3.05, 3.63) is 196 Å². The fraction of sp³-hybridized carbons (Fsp3) is 0.250. The first-order valence-corrected chi connectivity index (χ1v) is 18.5. The maximum absolute atomic E-state index is 13.2. The van der Waals surface area contributed by atoms with E-state index in [9.17, 15) is 5.11 Å². The number of rotatable bonds is 16. The van der Waals surface area contributed by atoms with Crippen molar-refractivity contribution >= 4 is 11.3 Å². The van der Waals surface area contributed by atoms with Crippen LogP contribution in [0, 0.1) is 0 Å². The standard InChI is InChI=1S/C44H43NO6S/c46-44(43-45-26-27-52-43,37-24-14-5-15-25-37)42-41(50-31-36-22-12-4-13-23-36)40(49-30-35-20-10-3-11-21-35)39(48-29-34-18-8-2-9-19-34)38(51-42)32-47-28-33-16-6-1-7-17-33/h1-27,38-42,46H,28-32H2/t38-,39-,40+,41-,42-,44+/m1/s1. The Balaban J connectivity index is 1.31. The molecular formula is C44H43NO6S. The van der Waals surface area contributed by atoms with Crippen molar-refractivity contribution in [3.63, 3.8) is 0 Å². The molecule has 52 heavy (non-hydrogen) atoms. The first-order valence-electron chi connectivity index (χ1n) is 17.6. The summed E-state index contributed by atoms with van der Waals surface area (Å²) in [6.45, 7) is 1.45. The Kier molecular flexibility index (Phi) is 12.3. The average Bonchev–Trinajstić information content (AvgIpc) is 3.77. The molecule has 266 valence electrons. The fourth-order valence-corrected chi connectivity index (χ4v) is 7.42. The van der Waals surface area contributed by atoms with Gasteiger partial charge in [0.1, 0.15) is 35.5 Å². The summed E-state index contributed by atoms with van der Waals surface area (Å²) >= 11 is 1.37. The molecule has 1 fully saturated rings. The Morgan fingerprint density at radius 2 is 1.00 bits per heavy atom. The highest BCUT2D eigenvalue weighted by Crippen LogP contribution is 2.43. The topological polar surface area (TPSA) is 79.3 Å². The zero-order valence-corrected chi connectivity index (χ0v) is 29.7. The highest BCUT2D eigenvalue weighted by atomic mass is 32.1. The molecule has 8 heteroatoms. The lowest BCUT2D eigenvalue weighted by atomic mass is 9.80. The summed E-state index contributed by atoms with van der Waals surface area (Å²) in [5, 5.41) is 15.5. The van der Waals surface area contributed by atoms with Crippen LogP contribution in [0.1, 0.15) is 32.8 Å². The third-order valence-corrected chi connectivity index (χ3v) is 10.2. The monoisotopic (exact) mass is 713 g/mol. The average molecular weight is 714 g/mol. The molecule has 6 aromatic rings. The predicted molar refractivity (Wildman–Crippen MR) is 201 cm³/mol. The lowest BCUT2D eigenvalue weighted by molar-refractivity contribution is -0.299. The van der Waals surface area contributed by atoms with Gasteiger partial charge in [0.05, 0.1) is 33.0 Å². The molecule has 0 saturated carbocycles. The smallest absolute Gasteiger partial charge is 0.170 e. The van der Waals surface area contributed by atoms with Crippen molar-refractivity contribution in [1.29, 1.82) is 0 Å². The number of aromatic nitrogens is 1. The van der Waals surface area contributed by atoms with Crippen LogP contribution >= 0.6 is 11.3 Å². The van der Waals surface area contributed by atoms with E-state index in [0.717, 1.165) is 22.3 Å². The number of hydrogen-bond acceptors (Lipinski definition) is 8. The molecular weight excluding hydrogens is 671 g/mol. The number of thiazole rings is 1. The summed E-state index contributed by atoms with van der Waals surface area (Å²) in [6, 6.07) is 49.7. The van der Waals surface area contributed by atoms with E-state index in [-0.39, 0.29) is 13.2 Å². The zero-order valence-electron chi connectivity index (χ0n) is 28.9. The van der Waals surface area contributed by atoms with Crippen molar-refractivity contribution in [2.75, 3.05) is 6.61 Å². The van der Waals surface area contributed by atoms with Crippen LogP contribution in [0.25, 0.3) is 0 Å². The van der Waals surface area contributed by atoms with Gasteiger partial charge in [-0.2, -0.15) is 0 Å². The Morgan fingerprint density at radius 3 is 1.48 bits per heavy atom. The fourth-order valence-electron chi connectivity index (χ4n) is 6.64. The second-order valence-corrected chi connectivity index (χ2v) is 13.7. The van der Waals surface area contributed by atoms with Crippen LogP contribution in [0.15, 0.2) is 163 Å². The van der Waals surface area contributed by atoms with E-state index < -0.39 is 36.1 Å². The number of ether oxygens (including phenoxy) is 5. The van der Waals surface area contributed by atoms with Gasteiger partial charge in [-0.1, -0.05) is 152 Å². The molecule has 1 aromatic heterocycles. The van der Waals surface area contributed by atoms with Gasteiger partial charge >= 0.3 is 0 Å². The van der Waals surface area contributed by atoms with E-state index >= 15 is 0 Å². The molecule has 0 spiro atoms. The highest BCUT2D eigenvalue weighted by Gasteiger charge is 2.57. The van der Waals surface area contributed by atoms with Crippen LogP contribution in [0.2, 0.25) is 0 Å². The molecule has 2 heterocycles. The Labute approximate surface area is 309 Å². The summed E-state index contributed by atoms with van der Waals surface area (Å²) in [5.74, 6) is 0. The van der Waals surface area contributed by atoms with Crippen LogP contribution in [0.3, 0.4) is 0 Å². The van der Waals surface area contributed by atoms with Gasteiger partial charge < -0.3 is 28.8 Å². The maximum atomic E-state index is 13.2. The predicted octanol–water partition coefficient (Wildman–Crippen LogP) is 8.12. The molecule has 7 nitrogen and oxygen atoms in total. The van der Waals surface area contributed by atoms with Gasteiger partial charge in [-0.25, -0.2) is 4.98 Å². The van der Waals surface area contributed by atoms with Gasteiger partial charge in [0.25, 0.3) is 0 Å². The van der Waals surface area contributed by atoms with Crippen molar-refractivity contribution in [2.45, 2.75) is 62.5 Å². The van der Waals surface area contributed by atoms with Gasteiger partial charge in [0.15, 0.2) is 5.60 Å². The summed E-state index contributed by atoms with van der Waals surface area (Å²) in [6.07, 6.45) is -2.03. The number of benzene rings is 5. The van der Waals surface area contributed by atoms with E-state index in [1.807, 2.05) is 157 Å². The van der Waals surface area contributed by atoms with E-state index in [2.05, 4.69) is 4.98 Å². The minimum Gasteiger partial charge on any atom is -0.375 e. The van der Waals surface area contributed by atoms with Crippen molar-refractivity contribution in [1.82, 2.24) is 4.98 Å². The van der Waals surface area contributed by atoms with E-state index in [1.54, 1.807) is 6.20 Å². The zero-order chi connectivity index (χ0) is 35.4. The second-order valence-electron chi connectivity index (χ2n) is 12.8. The molecule has 5 aromatic carbocycles. The Morgan fingerprint density at radius 1 is 0.558 bits per heavy atom. The molecule has 1 aliphatic heterocycles. The molecule has 7 rings (SSSR count). The van der Waals surface area contributed by atoms with Crippen LogP contribution in [0.5, 0.6) is 0 Å². The Bertz CT molecular complexity index is 1880. The highest BCUT2D eigenvalue weighted by molar-refractivity contribution is 7.09.